The van der Waals surface area contributed by atoms with E-state index in [1.807, 2.05) is 18.2 Å². The molecule has 0 saturated carbocycles. The van der Waals surface area contributed by atoms with Crippen molar-refractivity contribution in [3.63, 3.8) is 0 Å². The lowest BCUT2D eigenvalue weighted by molar-refractivity contribution is 0.145. The summed E-state index contributed by atoms with van der Waals surface area (Å²) in [6.45, 7) is 1.06. The Hall–Kier alpha value is -2.14. The first-order valence-corrected chi connectivity index (χ1v) is 6.49. The number of benzene rings is 1. The molecule has 0 aliphatic carbocycles. The van der Waals surface area contributed by atoms with Crippen molar-refractivity contribution in [3.8, 4) is 5.75 Å². The number of carbonyl (C=O) groups is 1. The zero-order chi connectivity index (χ0) is 14.1. The highest BCUT2D eigenvalue weighted by molar-refractivity contribution is 6.30. The lowest BCUT2D eigenvalue weighted by atomic mass is 9.95. The topological polar surface area (TPSA) is 50.8 Å². The fourth-order valence-electron chi connectivity index (χ4n) is 2.26. The van der Waals surface area contributed by atoms with Gasteiger partial charge >= 0.3 is 6.09 Å². The second-order valence-electron chi connectivity index (χ2n) is 4.48. The van der Waals surface area contributed by atoms with Gasteiger partial charge < -0.3 is 9.47 Å². The molecule has 5 nitrogen and oxygen atoms in total. The first kappa shape index (κ1) is 12.9. The van der Waals surface area contributed by atoms with Crippen LogP contribution in [-0.4, -0.2) is 31.4 Å². The van der Waals surface area contributed by atoms with Gasteiger partial charge in [-0.05, 0) is 35.4 Å². The van der Waals surface area contributed by atoms with Gasteiger partial charge in [-0.15, -0.1) is 0 Å². The van der Waals surface area contributed by atoms with E-state index < -0.39 is 6.09 Å². The van der Waals surface area contributed by atoms with Crippen molar-refractivity contribution in [2.24, 2.45) is 0 Å². The summed E-state index contributed by atoms with van der Waals surface area (Å²) in [5.41, 5.74) is 5.84. The van der Waals surface area contributed by atoms with E-state index in [9.17, 15) is 4.79 Å². The molecule has 0 saturated heterocycles. The molecular weight excluding hydrogens is 280 g/mol. The molecule has 0 spiro atoms. The number of hydrazine groups is 1. The quantitative estimate of drug-likeness (QED) is 0.864. The Labute approximate surface area is 121 Å². The molecule has 1 aromatic rings. The van der Waals surface area contributed by atoms with Crippen LogP contribution in [0.3, 0.4) is 0 Å². The van der Waals surface area contributed by atoms with Crippen LogP contribution in [-0.2, 0) is 4.74 Å². The summed E-state index contributed by atoms with van der Waals surface area (Å²) in [7, 11) is 1.33. The first-order valence-electron chi connectivity index (χ1n) is 6.11. The zero-order valence-electron chi connectivity index (χ0n) is 10.9. The molecule has 2 heterocycles. The molecule has 0 radical (unpaired) electrons. The van der Waals surface area contributed by atoms with Crippen molar-refractivity contribution < 1.29 is 14.3 Å². The summed E-state index contributed by atoms with van der Waals surface area (Å²) in [5.74, 6) is 0.768. The Morgan fingerprint density at radius 1 is 1.50 bits per heavy atom. The van der Waals surface area contributed by atoms with E-state index in [1.54, 1.807) is 17.3 Å². The maximum atomic E-state index is 11.3. The number of halogens is 1. The molecular formula is C14H13ClN2O3. The molecule has 104 valence electrons. The minimum atomic E-state index is -0.498. The Kier molecular flexibility index (Phi) is 3.28. The van der Waals surface area contributed by atoms with Crippen molar-refractivity contribution in [1.29, 1.82) is 0 Å². The van der Waals surface area contributed by atoms with Gasteiger partial charge in [0.25, 0.3) is 0 Å². The van der Waals surface area contributed by atoms with Crippen LogP contribution < -0.4 is 10.2 Å². The lowest BCUT2D eigenvalue weighted by Crippen LogP contribution is -2.41. The Balaban J connectivity index is 1.88. The molecule has 1 aromatic carbocycles. The van der Waals surface area contributed by atoms with E-state index >= 15 is 0 Å². The fourth-order valence-corrected chi connectivity index (χ4v) is 2.42. The minimum Gasteiger partial charge on any atom is -0.488 e. The molecule has 1 N–H and O–H groups in total. The van der Waals surface area contributed by atoms with Crippen molar-refractivity contribution >= 4 is 23.3 Å². The second-order valence-corrected chi connectivity index (χ2v) is 4.92. The number of ether oxygens (including phenoxy) is 2. The van der Waals surface area contributed by atoms with E-state index in [4.69, 9.17) is 16.3 Å². The van der Waals surface area contributed by atoms with Crippen LogP contribution in [0.15, 0.2) is 36.0 Å². The van der Waals surface area contributed by atoms with Crippen LogP contribution in [0.25, 0.3) is 5.57 Å². The van der Waals surface area contributed by atoms with Crippen molar-refractivity contribution in [2.45, 2.75) is 0 Å². The molecule has 3 rings (SSSR count). The number of fused-ring (bicyclic) bond motifs is 2. The van der Waals surface area contributed by atoms with Gasteiger partial charge in [0, 0.05) is 16.8 Å². The third kappa shape index (κ3) is 2.32. The zero-order valence-corrected chi connectivity index (χ0v) is 11.6. The van der Waals surface area contributed by atoms with Gasteiger partial charge in [-0.2, -0.15) is 0 Å². The molecule has 0 fully saturated rings. The Morgan fingerprint density at radius 3 is 3.15 bits per heavy atom. The van der Waals surface area contributed by atoms with Crippen LogP contribution in [0.1, 0.15) is 5.56 Å². The summed E-state index contributed by atoms with van der Waals surface area (Å²) < 4.78 is 10.3. The molecule has 2 aliphatic heterocycles. The number of nitrogens with zero attached hydrogens (tertiary/aromatic N) is 1. The fraction of sp³-hybridized carbons (Fsp3) is 0.214. The first-order chi connectivity index (χ1) is 9.67. The van der Waals surface area contributed by atoms with Crippen LogP contribution in [0.5, 0.6) is 5.75 Å². The second kappa shape index (κ2) is 5.09. The average Bonchev–Trinajstić information content (AvgIpc) is 2.46. The third-order valence-corrected chi connectivity index (χ3v) is 3.48. The van der Waals surface area contributed by atoms with Crippen LogP contribution in [0.4, 0.5) is 4.79 Å². The van der Waals surface area contributed by atoms with Crippen molar-refractivity contribution in [1.82, 2.24) is 10.4 Å². The van der Waals surface area contributed by atoms with E-state index in [0.29, 0.717) is 18.2 Å². The van der Waals surface area contributed by atoms with Gasteiger partial charge in [-0.1, -0.05) is 11.6 Å². The number of hydrogen-bond acceptors (Lipinski definition) is 4. The van der Waals surface area contributed by atoms with Crippen LogP contribution in [0, 0.1) is 0 Å². The SMILES string of the molecule is COC(=O)NN1C=CC2=C(C1)c1ccc(Cl)cc1OC2. The summed E-state index contributed by atoms with van der Waals surface area (Å²) in [6.07, 6.45) is 3.22. The smallest absolute Gasteiger partial charge is 0.425 e. The van der Waals surface area contributed by atoms with Gasteiger partial charge in [0.15, 0.2) is 0 Å². The van der Waals surface area contributed by atoms with Gasteiger partial charge in [0.05, 0.1) is 13.7 Å². The number of methoxy groups -OCH3 is 1. The van der Waals surface area contributed by atoms with E-state index in [1.165, 1.54) is 7.11 Å². The highest BCUT2D eigenvalue weighted by Crippen LogP contribution is 2.37. The summed E-state index contributed by atoms with van der Waals surface area (Å²) in [5, 5.41) is 2.32. The van der Waals surface area contributed by atoms with Crippen LogP contribution >= 0.6 is 11.6 Å². The maximum Gasteiger partial charge on any atom is 0.425 e. The lowest BCUT2D eigenvalue weighted by Gasteiger charge is -2.31. The number of amides is 1. The number of rotatable bonds is 1. The molecule has 1 amide bonds. The molecule has 0 unspecified atom stereocenters. The van der Waals surface area contributed by atoms with Crippen molar-refractivity contribution in [3.05, 3.63) is 46.6 Å². The molecule has 0 atom stereocenters. The summed E-state index contributed by atoms with van der Waals surface area (Å²) in [6, 6.07) is 5.56. The van der Waals surface area contributed by atoms with E-state index in [0.717, 1.165) is 22.5 Å². The molecule has 2 aliphatic rings. The summed E-state index contributed by atoms with van der Waals surface area (Å²) in [4.78, 5) is 11.3. The largest absolute Gasteiger partial charge is 0.488 e. The van der Waals surface area contributed by atoms with Gasteiger partial charge in [0.2, 0.25) is 0 Å². The molecule has 6 heteroatoms. The molecule has 0 aromatic heterocycles. The predicted octanol–water partition coefficient (Wildman–Crippen LogP) is 2.59. The molecule has 0 bridgehead atoms. The van der Waals surface area contributed by atoms with Gasteiger partial charge in [0.1, 0.15) is 12.4 Å². The number of nitrogens with one attached hydrogen (secondary N) is 1. The standard InChI is InChI=1S/C14H13ClN2O3/c1-19-14(18)16-17-5-4-9-8-20-13-6-10(15)2-3-11(13)12(9)7-17/h2-6H,7-8H2,1H3,(H,16,18). The Morgan fingerprint density at radius 2 is 2.35 bits per heavy atom. The van der Waals surface area contributed by atoms with Gasteiger partial charge in [-0.25, -0.2) is 10.2 Å². The number of carbonyl (C=O) groups excluding carboxylic acids is 1. The van der Waals surface area contributed by atoms with Crippen molar-refractivity contribution in [2.75, 3.05) is 20.3 Å². The predicted molar refractivity (Wildman–Crippen MR) is 75.3 cm³/mol. The summed E-state index contributed by atoms with van der Waals surface area (Å²) >= 11 is 5.97. The normalized spacial score (nSPS) is 16.2. The minimum absolute atomic E-state index is 0.498. The Bertz CT molecular complexity index is 625. The maximum absolute atomic E-state index is 11.3. The average molecular weight is 293 g/mol. The highest BCUT2D eigenvalue weighted by Gasteiger charge is 2.23. The van der Waals surface area contributed by atoms with Crippen LogP contribution in [0.2, 0.25) is 5.02 Å². The van der Waals surface area contributed by atoms with Gasteiger partial charge in [-0.3, -0.25) is 5.01 Å². The van der Waals surface area contributed by atoms with E-state index in [2.05, 4.69) is 10.2 Å². The molecule has 20 heavy (non-hydrogen) atoms. The number of hydrogen-bond donors (Lipinski definition) is 1. The van der Waals surface area contributed by atoms with E-state index in [-0.39, 0.29) is 0 Å². The highest BCUT2D eigenvalue weighted by atomic mass is 35.5. The third-order valence-electron chi connectivity index (χ3n) is 3.24. The monoisotopic (exact) mass is 292 g/mol.